The average Bonchev–Trinajstić information content (AvgIpc) is 2.78. The van der Waals surface area contributed by atoms with Gasteiger partial charge in [-0.25, -0.2) is 0 Å². The first-order chi connectivity index (χ1) is 17.2. The number of carboxylic acids is 2. The number of hydrogen-bond acceptors (Lipinski definition) is 4. The molecule has 2 saturated heterocycles. The maximum Gasteiger partial charge on any atom is 0.326 e. The molecule has 0 amide bonds. The van der Waals surface area contributed by atoms with Gasteiger partial charge in [-0.05, 0) is 113 Å². The maximum absolute atomic E-state index is 13.7. The van der Waals surface area contributed by atoms with Gasteiger partial charge in [0.15, 0.2) is 5.41 Å². The van der Waals surface area contributed by atoms with Crippen molar-refractivity contribution in [3.8, 4) is 0 Å². The van der Waals surface area contributed by atoms with E-state index in [0.717, 1.165) is 0 Å². The molecule has 0 aromatic heterocycles. The molecule has 0 radical (unpaired) electrons. The summed E-state index contributed by atoms with van der Waals surface area (Å²) in [4.78, 5) is 32.1. The molecule has 6 nitrogen and oxygen atoms in total. The molecule has 212 valence electrons. The molecule has 1 aromatic rings. The number of hydrogen-bond donors (Lipinski definition) is 2. The second-order valence-corrected chi connectivity index (χ2v) is 14.4. The average molecular weight is 527 g/mol. The molecule has 6 heteroatoms. The van der Waals surface area contributed by atoms with Crippen molar-refractivity contribution in [2.24, 2.45) is 17.3 Å². The minimum Gasteiger partial charge on any atom is -0.480 e. The first-order valence-electron chi connectivity index (χ1n) is 13.9. The van der Waals surface area contributed by atoms with Gasteiger partial charge in [0.25, 0.3) is 0 Å². The number of benzene rings is 1. The summed E-state index contributed by atoms with van der Waals surface area (Å²) in [5.74, 6) is -3.09. The monoisotopic (exact) mass is 526 g/mol. The topological polar surface area (TPSA) is 81.1 Å². The number of carbonyl (C=O) groups is 2. The van der Waals surface area contributed by atoms with Gasteiger partial charge in [0.1, 0.15) is 0 Å². The Morgan fingerprint density at radius 3 is 1.34 bits per heavy atom. The van der Waals surface area contributed by atoms with Gasteiger partial charge in [-0.2, -0.15) is 0 Å². The molecule has 0 atom stereocenters. The van der Waals surface area contributed by atoms with Crippen molar-refractivity contribution >= 4 is 11.9 Å². The van der Waals surface area contributed by atoms with Crippen LogP contribution in [0.25, 0.3) is 0 Å². The van der Waals surface area contributed by atoms with Crippen LogP contribution in [0.2, 0.25) is 0 Å². The minimum absolute atomic E-state index is 0.228. The Labute approximate surface area is 230 Å². The largest absolute Gasteiger partial charge is 0.480 e. The van der Waals surface area contributed by atoms with Crippen LogP contribution in [0, 0.1) is 17.3 Å². The smallest absolute Gasteiger partial charge is 0.326 e. The fourth-order valence-corrected chi connectivity index (χ4v) is 8.50. The van der Waals surface area contributed by atoms with Gasteiger partial charge in [0.05, 0.1) is 0 Å². The van der Waals surface area contributed by atoms with E-state index in [2.05, 4.69) is 85.9 Å². The van der Waals surface area contributed by atoms with Crippen LogP contribution >= 0.6 is 0 Å². The van der Waals surface area contributed by atoms with E-state index in [-0.39, 0.29) is 34.0 Å². The summed E-state index contributed by atoms with van der Waals surface area (Å²) in [6.07, 6.45) is 4.43. The number of carboxylic acid groups (broad SMARTS) is 2. The Bertz CT molecular complexity index is 980. The molecule has 2 aliphatic heterocycles. The quantitative estimate of drug-likeness (QED) is 0.332. The Morgan fingerprint density at radius 1 is 0.763 bits per heavy atom. The van der Waals surface area contributed by atoms with E-state index >= 15 is 0 Å². The van der Waals surface area contributed by atoms with Crippen LogP contribution in [0.5, 0.6) is 0 Å². The van der Waals surface area contributed by atoms with Crippen molar-refractivity contribution < 1.29 is 19.8 Å². The lowest BCUT2D eigenvalue weighted by Gasteiger charge is -2.65. The maximum atomic E-state index is 13.7. The van der Waals surface area contributed by atoms with Crippen molar-refractivity contribution in [3.63, 3.8) is 0 Å². The van der Waals surface area contributed by atoms with Gasteiger partial charge in [0.2, 0.25) is 0 Å². The zero-order valence-electron chi connectivity index (χ0n) is 25.3. The van der Waals surface area contributed by atoms with E-state index in [1.807, 2.05) is 0 Å². The minimum atomic E-state index is -2.20. The lowest BCUT2D eigenvalue weighted by atomic mass is 9.43. The van der Waals surface area contributed by atoms with Crippen LogP contribution < -0.4 is 0 Å². The first kappa shape index (κ1) is 30.4. The number of piperidine rings is 2. The van der Waals surface area contributed by atoms with Gasteiger partial charge in [-0.1, -0.05) is 36.4 Å². The summed E-state index contributed by atoms with van der Waals surface area (Å²) < 4.78 is 0. The Hall–Kier alpha value is -2.18. The number of aliphatic carboxylic acids is 2. The third-order valence-electron chi connectivity index (χ3n) is 10.8. The standard InChI is InChI=1S/C32H50N2O4/c1-12-31(23-18-27(2,3)33(10)28(4,5)19-23,24-20-29(6,7)34(11)30(8,9)21-24)32(25(35)36,26(37)38)22-16-14-13-15-17-22/h12-17,23-24H,1,18-21H2,2-11H3,(H,35,36)(H,37,38). The van der Waals surface area contributed by atoms with Crippen LogP contribution in [0.3, 0.4) is 0 Å². The third-order valence-corrected chi connectivity index (χ3v) is 10.8. The number of rotatable bonds is 7. The fraction of sp³-hybridized carbons (Fsp3) is 0.688. The molecule has 0 spiro atoms. The molecule has 3 rings (SSSR count). The molecule has 0 saturated carbocycles. The van der Waals surface area contributed by atoms with Gasteiger partial charge < -0.3 is 10.2 Å². The summed E-state index contributed by atoms with van der Waals surface area (Å²) in [6, 6.07) is 8.65. The molecule has 2 aliphatic rings. The zero-order valence-corrected chi connectivity index (χ0v) is 25.3. The molecule has 2 N–H and O–H groups in total. The van der Waals surface area contributed by atoms with Crippen LogP contribution in [0.15, 0.2) is 43.0 Å². The van der Waals surface area contributed by atoms with E-state index < -0.39 is 22.8 Å². The molecule has 1 aromatic carbocycles. The van der Waals surface area contributed by atoms with Gasteiger partial charge in [-0.3, -0.25) is 19.4 Å². The number of nitrogens with zero attached hydrogens (tertiary/aromatic N) is 2. The summed E-state index contributed by atoms with van der Waals surface area (Å²) in [6.45, 7) is 21.8. The molecule has 38 heavy (non-hydrogen) atoms. The molecular weight excluding hydrogens is 476 g/mol. The van der Waals surface area contributed by atoms with Crippen molar-refractivity contribution in [3.05, 3.63) is 48.6 Å². The van der Waals surface area contributed by atoms with Crippen LogP contribution in [-0.2, 0) is 15.0 Å². The summed E-state index contributed by atoms with van der Waals surface area (Å²) in [7, 11) is 4.23. The molecule has 0 bridgehead atoms. The summed E-state index contributed by atoms with van der Waals surface area (Å²) >= 11 is 0. The van der Waals surface area contributed by atoms with E-state index in [1.54, 1.807) is 36.4 Å². The molecule has 0 aliphatic carbocycles. The highest BCUT2D eigenvalue weighted by Crippen LogP contribution is 2.64. The molecular formula is C32H50N2O4. The Balaban J connectivity index is 2.48. The molecule has 0 unspecified atom stereocenters. The Kier molecular flexibility index (Phi) is 7.57. The van der Waals surface area contributed by atoms with Crippen molar-refractivity contribution in [1.29, 1.82) is 0 Å². The Morgan fingerprint density at radius 2 is 1.08 bits per heavy atom. The van der Waals surface area contributed by atoms with E-state index in [0.29, 0.717) is 31.2 Å². The first-order valence-corrected chi connectivity index (χ1v) is 13.9. The fourth-order valence-electron chi connectivity index (χ4n) is 8.50. The summed E-state index contributed by atoms with van der Waals surface area (Å²) in [5.41, 5.74) is -4.21. The highest BCUT2D eigenvalue weighted by atomic mass is 16.4. The highest BCUT2D eigenvalue weighted by Gasteiger charge is 2.70. The van der Waals surface area contributed by atoms with Crippen LogP contribution in [0.4, 0.5) is 0 Å². The zero-order chi connectivity index (χ0) is 29.1. The highest BCUT2D eigenvalue weighted by molar-refractivity contribution is 6.06. The van der Waals surface area contributed by atoms with E-state index in [9.17, 15) is 19.8 Å². The predicted molar refractivity (Wildman–Crippen MR) is 153 cm³/mol. The SMILES string of the molecule is C=CC(C1CC(C)(C)N(C)C(C)(C)C1)(C1CC(C)(C)N(C)C(C)(C)C1)C(C(=O)O)(C(=O)O)c1ccccc1. The lowest BCUT2D eigenvalue weighted by molar-refractivity contribution is -0.182. The van der Waals surface area contributed by atoms with Crippen molar-refractivity contribution in [2.75, 3.05) is 14.1 Å². The van der Waals surface area contributed by atoms with Crippen LogP contribution in [-0.4, -0.2) is 68.2 Å². The predicted octanol–water partition coefficient (Wildman–Crippen LogP) is 6.06. The van der Waals surface area contributed by atoms with E-state index in [1.165, 1.54) is 0 Å². The normalized spacial score (nSPS) is 24.6. The second kappa shape index (κ2) is 9.48. The van der Waals surface area contributed by atoms with Crippen molar-refractivity contribution in [1.82, 2.24) is 9.80 Å². The lowest BCUT2D eigenvalue weighted by Crippen LogP contribution is -2.70. The van der Waals surface area contributed by atoms with Gasteiger partial charge in [-0.15, -0.1) is 6.58 Å². The molecule has 2 fully saturated rings. The summed E-state index contributed by atoms with van der Waals surface area (Å²) in [5, 5.41) is 22.3. The number of likely N-dealkylation sites (tertiary alicyclic amines) is 2. The van der Waals surface area contributed by atoms with E-state index in [4.69, 9.17) is 0 Å². The van der Waals surface area contributed by atoms with Crippen molar-refractivity contribution in [2.45, 2.75) is 109 Å². The van der Waals surface area contributed by atoms with Crippen LogP contribution in [0.1, 0.15) is 86.6 Å². The molecule has 2 heterocycles. The number of allylic oxidation sites excluding steroid dienone is 1. The van der Waals surface area contributed by atoms with Gasteiger partial charge in [0, 0.05) is 27.6 Å². The third kappa shape index (κ3) is 4.32. The second-order valence-electron chi connectivity index (χ2n) is 14.4. The van der Waals surface area contributed by atoms with Gasteiger partial charge >= 0.3 is 11.9 Å².